The van der Waals surface area contributed by atoms with Gasteiger partial charge in [-0.05, 0) is 44.0 Å². The summed E-state index contributed by atoms with van der Waals surface area (Å²) in [7, 11) is 1.74. The number of carbonyl (C=O) groups is 1. The van der Waals surface area contributed by atoms with E-state index in [4.69, 9.17) is 4.74 Å². The molecule has 0 saturated carbocycles. The molecule has 1 fully saturated rings. The molecule has 0 bridgehead atoms. The van der Waals surface area contributed by atoms with Gasteiger partial charge in [0.25, 0.3) is 0 Å². The fraction of sp³-hybridized carbons (Fsp3) is 0.579. The molecule has 1 aromatic rings. The van der Waals surface area contributed by atoms with Crippen LogP contribution in [0.4, 0.5) is 5.69 Å². The van der Waals surface area contributed by atoms with E-state index in [1.165, 1.54) is 0 Å². The number of hydrogen-bond donors (Lipinski definition) is 2. The average molecular weight is 553 g/mol. The molecular weight excluding hydrogens is 523 g/mol. The maximum atomic E-state index is 12.2. The highest BCUT2D eigenvalue weighted by atomic mass is 127. The van der Waals surface area contributed by atoms with Crippen LogP contribution >= 0.6 is 39.9 Å². The molecule has 152 valence electrons. The Morgan fingerprint density at radius 2 is 2.22 bits per heavy atom. The Labute approximate surface area is 187 Å². The zero-order valence-electron chi connectivity index (χ0n) is 16.3. The van der Waals surface area contributed by atoms with Crippen molar-refractivity contribution >= 4 is 57.5 Å². The Kier molecular flexibility index (Phi) is 11.2. The van der Waals surface area contributed by atoms with Gasteiger partial charge in [0.05, 0.1) is 13.2 Å². The Bertz CT molecular complexity index is 642. The molecule has 0 radical (unpaired) electrons. The van der Waals surface area contributed by atoms with Crippen molar-refractivity contribution in [2.24, 2.45) is 10.9 Å². The maximum absolute atomic E-state index is 12.2. The molecule has 1 atom stereocenters. The summed E-state index contributed by atoms with van der Waals surface area (Å²) in [5.74, 6) is 1.42. The van der Waals surface area contributed by atoms with Crippen molar-refractivity contribution in [2.75, 3.05) is 45.2 Å². The van der Waals surface area contributed by atoms with Gasteiger partial charge in [-0.2, -0.15) is 0 Å². The Morgan fingerprint density at radius 1 is 1.44 bits per heavy atom. The summed E-state index contributed by atoms with van der Waals surface area (Å²) in [5, 5.41) is 6.28. The normalized spacial score (nSPS) is 16.8. The minimum absolute atomic E-state index is 0. The SMILES string of the molecule is CCNC(=NCCC(=O)Nc1ccc(Br)cc1C)N1CCC(COC)C1.I. The zero-order chi connectivity index (χ0) is 18.9. The number of nitrogens with zero attached hydrogens (tertiary/aromatic N) is 2. The molecule has 0 spiro atoms. The van der Waals surface area contributed by atoms with E-state index in [1.807, 2.05) is 25.1 Å². The number of amides is 1. The molecule has 0 aromatic heterocycles. The largest absolute Gasteiger partial charge is 0.384 e. The second-order valence-electron chi connectivity index (χ2n) is 6.55. The summed E-state index contributed by atoms with van der Waals surface area (Å²) in [5.41, 5.74) is 1.88. The fourth-order valence-electron chi connectivity index (χ4n) is 3.07. The van der Waals surface area contributed by atoms with Crippen molar-refractivity contribution in [1.82, 2.24) is 10.2 Å². The smallest absolute Gasteiger partial charge is 0.226 e. The number of nitrogens with one attached hydrogen (secondary N) is 2. The number of halogens is 2. The first-order valence-electron chi connectivity index (χ1n) is 9.11. The summed E-state index contributed by atoms with van der Waals surface area (Å²) in [6, 6.07) is 5.82. The van der Waals surface area contributed by atoms with Gasteiger partial charge in [-0.25, -0.2) is 0 Å². The number of benzene rings is 1. The lowest BCUT2D eigenvalue weighted by atomic mass is 10.1. The maximum Gasteiger partial charge on any atom is 0.226 e. The molecule has 0 aliphatic carbocycles. The third-order valence-corrected chi connectivity index (χ3v) is 4.88. The van der Waals surface area contributed by atoms with Gasteiger partial charge < -0.3 is 20.3 Å². The lowest BCUT2D eigenvalue weighted by molar-refractivity contribution is -0.116. The van der Waals surface area contributed by atoms with Crippen LogP contribution in [0.3, 0.4) is 0 Å². The molecule has 1 unspecified atom stereocenters. The quantitative estimate of drug-likeness (QED) is 0.308. The first-order chi connectivity index (χ1) is 12.5. The molecule has 1 heterocycles. The first-order valence-corrected chi connectivity index (χ1v) is 9.91. The van der Waals surface area contributed by atoms with Crippen LogP contribution in [0.5, 0.6) is 0 Å². The third-order valence-electron chi connectivity index (χ3n) is 4.39. The Balaban J connectivity index is 0.00000364. The molecular formula is C19H30BrIN4O2. The third kappa shape index (κ3) is 7.95. The van der Waals surface area contributed by atoms with Crippen molar-refractivity contribution in [2.45, 2.75) is 26.7 Å². The molecule has 8 heteroatoms. The van der Waals surface area contributed by atoms with E-state index in [0.29, 0.717) is 18.9 Å². The predicted octanol–water partition coefficient (Wildman–Crippen LogP) is 3.64. The van der Waals surface area contributed by atoms with Gasteiger partial charge >= 0.3 is 0 Å². The highest BCUT2D eigenvalue weighted by Crippen LogP contribution is 2.20. The molecule has 1 aromatic carbocycles. The average Bonchev–Trinajstić information content (AvgIpc) is 3.05. The number of rotatable bonds is 7. The van der Waals surface area contributed by atoms with E-state index in [2.05, 4.69) is 43.4 Å². The monoisotopic (exact) mass is 552 g/mol. The van der Waals surface area contributed by atoms with Crippen LogP contribution in [0.1, 0.15) is 25.3 Å². The van der Waals surface area contributed by atoms with E-state index in [9.17, 15) is 4.79 Å². The molecule has 1 aliphatic heterocycles. The standard InChI is InChI=1S/C19H29BrN4O2.HI/c1-4-21-19(24-10-8-15(12-24)13-26-3)22-9-7-18(25)23-17-6-5-16(20)11-14(17)2;/h5-6,11,15H,4,7-10,12-13H2,1-3H3,(H,21,22)(H,23,25);1H. The zero-order valence-corrected chi connectivity index (χ0v) is 20.2. The van der Waals surface area contributed by atoms with Gasteiger partial charge in [-0.3, -0.25) is 9.79 Å². The van der Waals surface area contributed by atoms with E-state index in [-0.39, 0.29) is 29.9 Å². The summed E-state index contributed by atoms with van der Waals surface area (Å²) in [6.07, 6.45) is 1.47. The summed E-state index contributed by atoms with van der Waals surface area (Å²) < 4.78 is 6.26. The van der Waals surface area contributed by atoms with Gasteiger partial charge in [-0.15, -0.1) is 24.0 Å². The van der Waals surface area contributed by atoms with Crippen LogP contribution in [0.2, 0.25) is 0 Å². The van der Waals surface area contributed by atoms with Crippen LogP contribution in [0.25, 0.3) is 0 Å². The van der Waals surface area contributed by atoms with E-state index < -0.39 is 0 Å². The van der Waals surface area contributed by atoms with Crippen molar-refractivity contribution in [1.29, 1.82) is 0 Å². The molecule has 2 N–H and O–H groups in total. The van der Waals surface area contributed by atoms with Crippen molar-refractivity contribution in [3.05, 3.63) is 28.2 Å². The number of ether oxygens (including phenoxy) is 1. The van der Waals surface area contributed by atoms with Crippen LogP contribution in [0, 0.1) is 12.8 Å². The lowest BCUT2D eigenvalue weighted by Gasteiger charge is -2.21. The number of aryl methyl sites for hydroxylation is 1. The molecule has 1 amide bonds. The highest BCUT2D eigenvalue weighted by molar-refractivity contribution is 14.0. The molecule has 6 nitrogen and oxygen atoms in total. The lowest BCUT2D eigenvalue weighted by Crippen LogP contribution is -2.40. The topological polar surface area (TPSA) is 66.0 Å². The molecule has 27 heavy (non-hydrogen) atoms. The van der Waals surface area contributed by atoms with E-state index >= 15 is 0 Å². The predicted molar refractivity (Wildman–Crippen MR) is 125 cm³/mol. The highest BCUT2D eigenvalue weighted by Gasteiger charge is 2.24. The van der Waals surface area contributed by atoms with Crippen LogP contribution < -0.4 is 10.6 Å². The summed E-state index contributed by atoms with van der Waals surface area (Å²) >= 11 is 3.43. The second-order valence-corrected chi connectivity index (χ2v) is 7.46. The fourth-order valence-corrected chi connectivity index (χ4v) is 3.54. The Morgan fingerprint density at radius 3 is 2.89 bits per heavy atom. The van der Waals surface area contributed by atoms with Crippen LogP contribution in [0.15, 0.2) is 27.7 Å². The van der Waals surface area contributed by atoms with Crippen LogP contribution in [-0.2, 0) is 9.53 Å². The van der Waals surface area contributed by atoms with Gasteiger partial charge in [0.2, 0.25) is 5.91 Å². The van der Waals surface area contributed by atoms with E-state index in [1.54, 1.807) is 7.11 Å². The number of carbonyl (C=O) groups excluding carboxylic acids is 1. The van der Waals surface area contributed by atoms with Gasteiger partial charge in [-0.1, -0.05) is 15.9 Å². The number of anilines is 1. The van der Waals surface area contributed by atoms with Gasteiger partial charge in [0.15, 0.2) is 5.96 Å². The minimum Gasteiger partial charge on any atom is -0.384 e. The molecule has 2 rings (SSSR count). The van der Waals surface area contributed by atoms with Crippen molar-refractivity contribution in [3.63, 3.8) is 0 Å². The molecule has 1 saturated heterocycles. The number of guanidine groups is 1. The van der Waals surface area contributed by atoms with Gasteiger partial charge in [0, 0.05) is 49.2 Å². The number of methoxy groups -OCH3 is 1. The molecule has 1 aliphatic rings. The number of aliphatic imine (C=N–C) groups is 1. The summed E-state index contributed by atoms with van der Waals surface area (Å²) in [4.78, 5) is 19.1. The first kappa shape index (κ1) is 24.2. The number of hydrogen-bond acceptors (Lipinski definition) is 3. The summed E-state index contributed by atoms with van der Waals surface area (Å²) in [6.45, 7) is 8.02. The number of likely N-dealkylation sites (tertiary alicyclic amines) is 1. The second kappa shape index (κ2) is 12.6. The Hall–Kier alpha value is -0.870. The van der Waals surface area contributed by atoms with Crippen molar-refractivity contribution in [3.8, 4) is 0 Å². The van der Waals surface area contributed by atoms with Gasteiger partial charge in [0.1, 0.15) is 0 Å². The van der Waals surface area contributed by atoms with Crippen molar-refractivity contribution < 1.29 is 9.53 Å². The van der Waals surface area contributed by atoms with Crippen LogP contribution in [-0.4, -0.2) is 56.7 Å². The minimum atomic E-state index is -0.0197. The van der Waals surface area contributed by atoms with E-state index in [0.717, 1.165) is 54.3 Å².